The Morgan fingerprint density at radius 3 is 2.36 bits per heavy atom. The molecule has 1 unspecified atom stereocenters. The maximum atomic E-state index is 14.3. The van der Waals surface area contributed by atoms with Crippen LogP contribution in [-0.4, -0.2) is 109 Å². The van der Waals surface area contributed by atoms with Gasteiger partial charge in [0.05, 0.1) is 48.2 Å². The molecule has 4 rings (SSSR count). The van der Waals surface area contributed by atoms with Crippen LogP contribution in [0.15, 0.2) is 41.9 Å². The molecule has 9 atom stereocenters. The zero-order valence-electron chi connectivity index (χ0n) is 34.5. The first kappa shape index (κ1) is 44.3. The molecule has 0 saturated carbocycles. The minimum Gasteiger partial charge on any atom is -0.379 e. The number of likely N-dealkylation sites (tertiary alicyclic amines) is 1. The summed E-state index contributed by atoms with van der Waals surface area (Å²) in [5.41, 5.74) is 0.370. The predicted molar refractivity (Wildman–Crippen MR) is 216 cm³/mol. The number of benzene rings is 1. The second-order valence-electron chi connectivity index (χ2n) is 16.1. The number of ether oxygens (including phenoxy) is 2. The second-order valence-corrected chi connectivity index (χ2v) is 17.0. The van der Waals surface area contributed by atoms with Crippen LogP contribution in [-0.2, 0) is 35.1 Å². The number of methoxy groups -OCH3 is 2. The number of nitrogens with one attached hydrogen (secondary N) is 3. The molecular weight excluding hydrogens is 717 g/mol. The molecular formula is C42H66N6O6S. The lowest BCUT2D eigenvalue weighted by atomic mass is 9.88. The number of hydrogen-bond acceptors (Lipinski definition) is 9. The Hall–Kier alpha value is -3.39. The average molecular weight is 783 g/mol. The van der Waals surface area contributed by atoms with Gasteiger partial charge in [0.1, 0.15) is 11.0 Å². The third-order valence-corrected chi connectivity index (χ3v) is 12.8. The smallest absolute Gasteiger partial charge is 0.245 e. The highest BCUT2D eigenvalue weighted by Crippen LogP contribution is 2.31. The Morgan fingerprint density at radius 2 is 1.78 bits per heavy atom. The summed E-state index contributed by atoms with van der Waals surface area (Å²) >= 11 is 1.51. The first-order valence-corrected chi connectivity index (χ1v) is 21.1. The van der Waals surface area contributed by atoms with E-state index in [2.05, 4.69) is 34.8 Å². The SMILES string of the molecule is CC[C@H](C)[C@@H]([C@@H](CC(=O)N1CCC[C@H]1[C@H](OC)[C@@H](C)C(=O)N[C@@H](Cc1ccccc1)c1nccs1)OC)N(C)C(=O)[C@@H](NC(=O)C1(C)CCCCN1)C(C)C. The van der Waals surface area contributed by atoms with Crippen LogP contribution in [0.25, 0.3) is 0 Å². The third kappa shape index (κ3) is 11.1. The largest absolute Gasteiger partial charge is 0.379 e. The zero-order chi connectivity index (χ0) is 40.3. The maximum absolute atomic E-state index is 14.3. The van der Waals surface area contributed by atoms with Gasteiger partial charge >= 0.3 is 0 Å². The third-order valence-electron chi connectivity index (χ3n) is 11.9. The molecule has 1 aromatic carbocycles. The van der Waals surface area contributed by atoms with Crippen LogP contribution in [0.1, 0.15) is 103 Å². The van der Waals surface area contributed by atoms with Crippen molar-refractivity contribution in [3.8, 4) is 0 Å². The van der Waals surface area contributed by atoms with E-state index in [4.69, 9.17) is 9.47 Å². The first-order valence-electron chi connectivity index (χ1n) is 20.2. The van der Waals surface area contributed by atoms with E-state index in [9.17, 15) is 19.2 Å². The van der Waals surface area contributed by atoms with Gasteiger partial charge in [0.15, 0.2) is 0 Å². The van der Waals surface area contributed by atoms with Gasteiger partial charge in [-0.1, -0.05) is 71.4 Å². The summed E-state index contributed by atoms with van der Waals surface area (Å²) in [7, 11) is 4.95. The molecule has 4 amide bonds. The van der Waals surface area contributed by atoms with Crippen LogP contribution in [0.3, 0.4) is 0 Å². The van der Waals surface area contributed by atoms with Crippen LogP contribution in [0.4, 0.5) is 0 Å². The summed E-state index contributed by atoms with van der Waals surface area (Å²) < 4.78 is 12.1. The topological polar surface area (TPSA) is 142 Å². The van der Waals surface area contributed by atoms with E-state index in [1.165, 1.54) is 11.3 Å². The van der Waals surface area contributed by atoms with Gasteiger partial charge in [-0.05, 0) is 69.4 Å². The molecule has 2 aliphatic rings. The van der Waals surface area contributed by atoms with Crippen molar-refractivity contribution in [1.29, 1.82) is 0 Å². The molecule has 2 fully saturated rings. The quantitative estimate of drug-likeness (QED) is 0.178. The predicted octanol–water partition coefficient (Wildman–Crippen LogP) is 5.14. The molecule has 1 aromatic heterocycles. The van der Waals surface area contributed by atoms with Gasteiger partial charge in [-0.3, -0.25) is 19.2 Å². The van der Waals surface area contributed by atoms with Gasteiger partial charge in [-0.2, -0.15) is 0 Å². The number of thiazole rings is 1. The molecule has 0 bridgehead atoms. The molecule has 3 heterocycles. The Labute approximate surface area is 332 Å². The Morgan fingerprint density at radius 1 is 1.05 bits per heavy atom. The Kier molecular flexibility index (Phi) is 16.7. The van der Waals surface area contributed by atoms with Crippen LogP contribution in [0.5, 0.6) is 0 Å². The summed E-state index contributed by atoms with van der Waals surface area (Å²) in [6.07, 6.45) is 6.21. The first-order chi connectivity index (χ1) is 26.3. The monoisotopic (exact) mass is 782 g/mol. The molecule has 3 N–H and O–H groups in total. The number of carbonyl (C=O) groups is 4. The van der Waals surface area contributed by atoms with E-state index in [1.807, 2.05) is 68.3 Å². The standard InChI is InChI=1S/C42H66N6O6S/c1-10-28(4)36(47(7)40(51)35(27(2)3)46-41(52)42(6)20-14-15-21-44-42)33(53-8)26-34(49)48-23-16-19-32(48)37(54-9)29(5)38(50)45-31(39-43-22-24-55-39)25-30-17-12-11-13-18-30/h11-13,17-18,22,24,27-29,31-33,35-37,44H,10,14-16,19-21,23,25-26H2,1-9H3,(H,45,50)(H,46,52)/t28-,29+,31-,32-,33+,35-,36-,37+,42?/m0/s1. The number of aromatic nitrogens is 1. The lowest BCUT2D eigenvalue weighted by Crippen LogP contribution is -2.63. The fraction of sp³-hybridized carbons (Fsp3) is 0.690. The lowest BCUT2D eigenvalue weighted by Gasteiger charge is -2.41. The molecule has 2 saturated heterocycles. The van der Waals surface area contributed by atoms with Crippen molar-refractivity contribution in [2.24, 2.45) is 17.8 Å². The normalized spacial score (nSPS) is 22.6. The Bertz CT molecular complexity index is 1520. The van der Waals surface area contributed by atoms with Gasteiger partial charge in [0.2, 0.25) is 23.6 Å². The molecule has 55 heavy (non-hydrogen) atoms. The summed E-state index contributed by atoms with van der Waals surface area (Å²) in [5.74, 6) is -1.34. The van der Waals surface area contributed by atoms with Gasteiger partial charge in [0, 0.05) is 39.4 Å². The van der Waals surface area contributed by atoms with Crippen LogP contribution in [0, 0.1) is 17.8 Å². The minimum atomic E-state index is -0.737. The van der Waals surface area contributed by atoms with Crippen molar-refractivity contribution >= 4 is 35.0 Å². The number of piperidine rings is 1. The second kappa shape index (κ2) is 20.7. The highest BCUT2D eigenvalue weighted by atomic mass is 32.1. The van der Waals surface area contributed by atoms with E-state index < -0.39 is 35.7 Å². The molecule has 306 valence electrons. The molecule has 2 aliphatic heterocycles. The van der Waals surface area contributed by atoms with Gasteiger partial charge < -0.3 is 35.2 Å². The summed E-state index contributed by atoms with van der Waals surface area (Å²) in [6.45, 7) is 13.1. The number of amides is 4. The van der Waals surface area contributed by atoms with Crippen molar-refractivity contribution in [3.63, 3.8) is 0 Å². The summed E-state index contributed by atoms with van der Waals surface area (Å²) in [5, 5.41) is 12.4. The Balaban J connectivity index is 1.47. The fourth-order valence-electron chi connectivity index (χ4n) is 8.35. The van der Waals surface area contributed by atoms with Crippen LogP contribution in [0.2, 0.25) is 0 Å². The zero-order valence-corrected chi connectivity index (χ0v) is 35.3. The van der Waals surface area contributed by atoms with Crippen molar-refractivity contribution in [3.05, 3.63) is 52.5 Å². The molecule has 0 aliphatic carbocycles. The van der Waals surface area contributed by atoms with Crippen molar-refractivity contribution < 1.29 is 28.7 Å². The molecule has 12 nitrogen and oxygen atoms in total. The molecule has 13 heteroatoms. The highest BCUT2D eigenvalue weighted by molar-refractivity contribution is 7.09. The fourth-order valence-corrected chi connectivity index (χ4v) is 9.04. The van der Waals surface area contributed by atoms with Crippen LogP contribution < -0.4 is 16.0 Å². The molecule has 0 spiro atoms. The summed E-state index contributed by atoms with van der Waals surface area (Å²) in [6, 6.07) is 8.25. The van der Waals surface area contributed by atoms with E-state index in [0.29, 0.717) is 25.8 Å². The van der Waals surface area contributed by atoms with Crippen molar-refractivity contribution in [2.75, 3.05) is 34.4 Å². The minimum absolute atomic E-state index is 0.000717. The van der Waals surface area contributed by atoms with Crippen LogP contribution >= 0.6 is 11.3 Å². The average Bonchev–Trinajstić information content (AvgIpc) is 3.90. The molecule has 0 radical (unpaired) electrons. The lowest BCUT2D eigenvalue weighted by molar-refractivity contribution is -0.148. The van der Waals surface area contributed by atoms with Crippen molar-refractivity contribution in [1.82, 2.24) is 30.7 Å². The van der Waals surface area contributed by atoms with Crippen molar-refractivity contribution in [2.45, 2.75) is 135 Å². The number of nitrogens with zero attached hydrogens (tertiary/aromatic N) is 3. The van der Waals surface area contributed by atoms with Gasteiger partial charge in [-0.15, -0.1) is 11.3 Å². The maximum Gasteiger partial charge on any atom is 0.245 e. The van der Waals surface area contributed by atoms with E-state index in [1.54, 1.807) is 32.4 Å². The number of hydrogen-bond donors (Lipinski definition) is 3. The molecule has 2 aromatic rings. The van der Waals surface area contributed by atoms with E-state index >= 15 is 0 Å². The number of carbonyl (C=O) groups excluding carboxylic acids is 4. The number of likely N-dealkylation sites (N-methyl/N-ethyl adjacent to an activating group) is 1. The van der Waals surface area contributed by atoms with Gasteiger partial charge in [0.25, 0.3) is 0 Å². The summed E-state index contributed by atoms with van der Waals surface area (Å²) in [4.78, 5) is 64.1. The number of rotatable bonds is 19. The van der Waals surface area contributed by atoms with Gasteiger partial charge in [-0.25, -0.2) is 4.98 Å². The highest BCUT2D eigenvalue weighted by Gasteiger charge is 2.44. The van der Waals surface area contributed by atoms with E-state index in [0.717, 1.165) is 42.8 Å². The van der Waals surface area contributed by atoms with E-state index in [-0.39, 0.29) is 54.0 Å².